The fourth-order valence-corrected chi connectivity index (χ4v) is 3.77. The average Bonchev–Trinajstić information content (AvgIpc) is 3.46. The Bertz CT molecular complexity index is 733. The van der Waals surface area contributed by atoms with Crippen LogP contribution >= 0.6 is 0 Å². The molecule has 0 N–H and O–H groups in total. The van der Waals surface area contributed by atoms with E-state index in [0.717, 1.165) is 32.4 Å². The molecule has 0 amide bonds. The first-order valence-electron chi connectivity index (χ1n) is 9.04. The quantitative estimate of drug-likeness (QED) is 0.685. The van der Waals surface area contributed by atoms with Crippen molar-refractivity contribution in [3.05, 3.63) is 71.5 Å². The van der Waals surface area contributed by atoms with E-state index in [1.54, 1.807) is 12.1 Å². The van der Waals surface area contributed by atoms with Gasteiger partial charge in [0.1, 0.15) is 5.82 Å². The van der Waals surface area contributed by atoms with Crippen molar-refractivity contribution in [2.75, 3.05) is 13.6 Å². The molecule has 1 aliphatic carbocycles. The third kappa shape index (κ3) is 4.08. The first-order valence-corrected chi connectivity index (χ1v) is 9.04. The Balaban J connectivity index is 1.64. The van der Waals surface area contributed by atoms with Gasteiger partial charge in [-0.25, -0.2) is 4.39 Å². The van der Waals surface area contributed by atoms with Crippen LogP contribution in [0.2, 0.25) is 0 Å². The Morgan fingerprint density at radius 1 is 1.12 bits per heavy atom. The minimum Gasteiger partial charge on any atom is -0.302 e. The van der Waals surface area contributed by atoms with Crippen LogP contribution in [0.3, 0.4) is 0 Å². The van der Waals surface area contributed by atoms with E-state index in [1.807, 2.05) is 12.1 Å². The number of hydrogen-bond donors (Lipinski definition) is 0. The lowest BCUT2D eigenvalue weighted by Crippen LogP contribution is -2.30. The average molecular weight is 336 g/mol. The Morgan fingerprint density at radius 2 is 1.80 bits per heavy atom. The monoisotopic (exact) mass is 336 g/mol. The maximum atomic E-state index is 14.4. The number of benzene rings is 2. The van der Waals surface area contributed by atoms with Crippen LogP contribution in [0.15, 0.2) is 54.6 Å². The highest BCUT2D eigenvalue weighted by Crippen LogP contribution is 2.50. The lowest BCUT2D eigenvalue weighted by molar-refractivity contribution is 0.297. The summed E-state index contributed by atoms with van der Waals surface area (Å²) in [6.07, 6.45) is 3.67. The second-order valence-electron chi connectivity index (χ2n) is 7.16. The molecule has 2 aromatic rings. The van der Waals surface area contributed by atoms with Gasteiger partial charge in [-0.1, -0.05) is 48.5 Å². The van der Waals surface area contributed by atoms with E-state index < -0.39 is 5.41 Å². The van der Waals surface area contributed by atoms with Gasteiger partial charge < -0.3 is 4.90 Å². The molecule has 0 heterocycles. The number of nitriles is 1. The standard InChI is InChI=1S/C22H25FN2/c1-25(16-18-8-3-2-4-9-18)15-7-14-22(17-24,19-12-13-19)20-10-5-6-11-21(20)23/h2-6,8-11,19H,7,12-16H2,1H3. The van der Waals surface area contributed by atoms with Crippen molar-refractivity contribution in [2.45, 2.75) is 37.6 Å². The van der Waals surface area contributed by atoms with Crippen LogP contribution in [0, 0.1) is 23.1 Å². The molecule has 1 aliphatic rings. The third-order valence-electron chi connectivity index (χ3n) is 5.23. The summed E-state index contributed by atoms with van der Waals surface area (Å²) >= 11 is 0. The Hall–Kier alpha value is -2.18. The van der Waals surface area contributed by atoms with Crippen molar-refractivity contribution < 1.29 is 4.39 Å². The molecule has 25 heavy (non-hydrogen) atoms. The topological polar surface area (TPSA) is 27.0 Å². The van der Waals surface area contributed by atoms with Gasteiger partial charge in [0, 0.05) is 12.1 Å². The number of nitrogens with zero attached hydrogens (tertiary/aromatic N) is 2. The number of hydrogen-bond acceptors (Lipinski definition) is 2. The Labute approximate surface area is 149 Å². The SMILES string of the molecule is CN(CCCC(C#N)(c1ccccc1F)C1CC1)Cc1ccccc1. The van der Waals surface area contributed by atoms with Crippen molar-refractivity contribution in [3.8, 4) is 6.07 Å². The Morgan fingerprint density at radius 3 is 2.44 bits per heavy atom. The zero-order valence-corrected chi connectivity index (χ0v) is 14.8. The molecule has 2 aromatic carbocycles. The van der Waals surface area contributed by atoms with Gasteiger partial charge >= 0.3 is 0 Å². The molecule has 1 unspecified atom stereocenters. The molecule has 0 aliphatic heterocycles. The first kappa shape index (κ1) is 17.6. The van der Waals surface area contributed by atoms with Gasteiger partial charge in [0.05, 0.1) is 11.5 Å². The number of rotatable bonds is 8. The van der Waals surface area contributed by atoms with E-state index in [-0.39, 0.29) is 5.82 Å². The minimum absolute atomic E-state index is 0.242. The van der Waals surface area contributed by atoms with Crippen LogP contribution in [-0.2, 0) is 12.0 Å². The fraction of sp³-hybridized carbons (Fsp3) is 0.409. The van der Waals surface area contributed by atoms with Crippen LogP contribution in [0.25, 0.3) is 0 Å². The second-order valence-corrected chi connectivity index (χ2v) is 7.16. The van der Waals surface area contributed by atoms with Gasteiger partial charge in [-0.15, -0.1) is 0 Å². The summed E-state index contributed by atoms with van der Waals surface area (Å²) in [6, 6.07) is 19.7. The van der Waals surface area contributed by atoms with Gasteiger partial charge in [0.2, 0.25) is 0 Å². The van der Waals surface area contributed by atoms with Crippen LogP contribution < -0.4 is 0 Å². The summed E-state index contributed by atoms with van der Waals surface area (Å²) in [5.41, 5.74) is 1.21. The molecule has 0 bridgehead atoms. The molecule has 130 valence electrons. The van der Waals surface area contributed by atoms with Gasteiger partial charge in [-0.2, -0.15) is 5.26 Å². The molecule has 3 rings (SSSR count). The predicted octanol–water partition coefficient (Wildman–Crippen LogP) is 4.91. The van der Waals surface area contributed by atoms with Gasteiger partial charge in [0.15, 0.2) is 0 Å². The molecule has 1 atom stereocenters. The van der Waals surface area contributed by atoms with Crippen LogP contribution in [-0.4, -0.2) is 18.5 Å². The van der Waals surface area contributed by atoms with E-state index in [4.69, 9.17) is 0 Å². The van der Waals surface area contributed by atoms with Crippen molar-refractivity contribution >= 4 is 0 Å². The normalized spacial score (nSPS) is 16.4. The number of halogens is 1. The minimum atomic E-state index is -0.668. The molecule has 0 aromatic heterocycles. The first-order chi connectivity index (χ1) is 12.2. The van der Waals surface area contributed by atoms with Gasteiger partial charge in [0.25, 0.3) is 0 Å². The zero-order valence-electron chi connectivity index (χ0n) is 14.8. The zero-order chi connectivity index (χ0) is 17.7. The van der Waals surface area contributed by atoms with Crippen LogP contribution in [0.1, 0.15) is 36.8 Å². The summed E-state index contributed by atoms with van der Waals surface area (Å²) in [5.74, 6) is 0.0578. The second kappa shape index (κ2) is 7.80. The lowest BCUT2D eigenvalue weighted by Gasteiger charge is -2.28. The van der Waals surface area contributed by atoms with Crippen molar-refractivity contribution in [1.82, 2.24) is 4.90 Å². The van der Waals surface area contributed by atoms with E-state index in [2.05, 4.69) is 42.3 Å². The molecule has 1 saturated carbocycles. The largest absolute Gasteiger partial charge is 0.302 e. The molecule has 0 radical (unpaired) electrons. The van der Waals surface area contributed by atoms with Crippen LogP contribution in [0.5, 0.6) is 0 Å². The molecule has 0 spiro atoms. The fourth-order valence-electron chi connectivity index (χ4n) is 3.77. The summed E-state index contributed by atoms with van der Waals surface area (Å²) in [7, 11) is 2.10. The highest BCUT2D eigenvalue weighted by molar-refractivity contribution is 5.36. The maximum absolute atomic E-state index is 14.4. The Kier molecular flexibility index (Phi) is 5.50. The highest BCUT2D eigenvalue weighted by atomic mass is 19.1. The summed E-state index contributed by atoms with van der Waals surface area (Å²) in [5, 5.41) is 9.93. The molecular formula is C22H25FN2. The van der Waals surface area contributed by atoms with Crippen molar-refractivity contribution in [3.63, 3.8) is 0 Å². The molecule has 2 nitrogen and oxygen atoms in total. The smallest absolute Gasteiger partial charge is 0.128 e. The molecule has 1 fully saturated rings. The van der Waals surface area contributed by atoms with Crippen LogP contribution in [0.4, 0.5) is 4.39 Å². The summed E-state index contributed by atoms with van der Waals surface area (Å²) < 4.78 is 14.4. The van der Waals surface area contributed by atoms with E-state index in [1.165, 1.54) is 11.6 Å². The lowest BCUT2D eigenvalue weighted by atomic mass is 9.73. The highest BCUT2D eigenvalue weighted by Gasteiger charge is 2.47. The van der Waals surface area contributed by atoms with Gasteiger partial charge in [-0.05, 0) is 56.8 Å². The third-order valence-corrected chi connectivity index (χ3v) is 5.23. The van der Waals surface area contributed by atoms with Gasteiger partial charge in [-0.3, -0.25) is 0 Å². The van der Waals surface area contributed by atoms with E-state index in [0.29, 0.717) is 17.9 Å². The van der Waals surface area contributed by atoms with E-state index >= 15 is 0 Å². The van der Waals surface area contributed by atoms with E-state index in [9.17, 15) is 9.65 Å². The summed E-state index contributed by atoms with van der Waals surface area (Å²) in [6.45, 7) is 1.79. The predicted molar refractivity (Wildman–Crippen MR) is 98.4 cm³/mol. The molecule has 0 saturated heterocycles. The molecule has 3 heteroatoms. The summed E-state index contributed by atoms with van der Waals surface area (Å²) in [4.78, 5) is 2.27. The van der Waals surface area contributed by atoms with Crippen molar-refractivity contribution in [1.29, 1.82) is 5.26 Å². The molecular weight excluding hydrogens is 311 g/mol. The maximum Gasteiger partial charge on any atom is 0.128 e. The van der Waals surface area contributed by atoms with Crippen molar-refractivity contribution in [2.24, 2.45) is 5.92 Å².